The van der Waals surface area contributed by atoms with Gasteiger partial charge in [-0.2, -0.15) is 0 Å². The number of anilines is 1. The molecule has 21 heavy (non-hydrogen) atoms. The van der Waals surface area contributed by atoms with Crippen molar-refractivity contribution in [2.24, 2.45) is 5.73 Å². The molecule has 2 rings (SSSR count). The van der Waals surface area contributed by atoms with E-state index in [1.165, 1.54) is 30.3 Å². The zero-order valence-corrected chi connectivity index (χ0v) is 13.8. The smallest absolute Gasteiger partial charge is 0.264 e. The number of halogens is 3. The molecule has 0 saturated carbocycles. The van der Waals surface area contributed by atoms with E-state index in [4.69, 9.17) is 17.3 Å². The highest BCUT2D eigenvalue weighted by Gasteiger charge is 2.20. The van der Waals surface area contributed by atoms with Crippen LogP contribution in [0.15, 0.2) is 45.8 Å². The fourth-order valence-corrected chi connectivity index (χ4v) is 3.71. The summed E-state index contributed by atoms with van der Waals surface area (Å²) in [4.78, 5) is -0.443. The fourth-order valence-electron chi connectivity index (χ4n) is 1.66. The molecule has 0 bridgehead atoms. The van der Waals surface area contributed by atoms with Gasteiger partial charge >= 0.3 is 0 Å². The first-order valence-electron chi connectivity index (χ1n) is 5.80. The summed E-state index contributed by atoms with van der Waals surface area (Å²) in [6.07, 6.45) is 0. The molecule has 0 saturated heterocycles. The van der Waals surface area contributed by atoms with Gasteiger partial charge in [0.25, 0.3) is 10.0 Å². The van der Waals surface area contributed by atoms with Gasteiger partial charge in [0, 0.05) is 16.0 Å². The van der Waals surface area contributed by atoms with Gasteiger partial charge in [-0.3, -0.25) is 4.72 Å². The van der Waals surface area contributed by atoms with Crippen LogP contribution in [-0.4, -0.2) is 8.42 Å². The van der Waals surface area contributed by atoms with Crippen LogP contribution in [0.3, 0.4) is 0 Å². The fraction of sp³-hybridized carbons (Fsp3) is 0.0769. The monoisotopic (exact) mass is 392 g/mol. The molecule has 4 nitrogen and oxygen atoms in total. The van der Waals surface area contributed by atoms with E-state index in [9.17, 15) is 12.8 Å². The highest BCUT2D eigenvalue weighted by Crippen LogP contribution is 2.28. The van der Waals surface area contributed by atoms with Gasteiger partial charge in [-0.25, -0.2) is 12.8 Å². The van der Waals surface area contributed by atoms with Crippen LogP contribution < -0.4 is 10.5 Å². The van der Waals surface area contributed by atoms with Crippen molar-refractivity contribution in [2.45, 2.75) is 11.4 Å². The van der Waals surface area contributed by atoms with Gasteiger partial charge < -0.3 is 5.73 Å². The minimum Gasteiger partial charge on any atom is -0.326 e. The first kappa shape index (κ1) is 16.2. The Bertz CT molecular complexity index is 784. The first-order valence-corrected chi connectivity index (χ1v) is 8.45. The third-order valence-corrected chi connectivity index (χ3v) is 4.99. The second kappa shape index (κ2) is 6.31. The molecule has 0 unspecified atom stereocenters. The molecule has 3 N–H and O–H groups in total. The molecule has 0 fully saturated rings. The predicted molar refractivity (Wildman–Crippen MR) is 84.3 cm³/mol. The molecule has 0 radical (unpaired) electrons. The molecule has 0 aliphatic carbocycles. The van der Waals surface area contributed by atoms with Crippen molar-refractivity contribution >= 4 is 43.2 Å². The molecule has 0 aliphatic heterocycles. The average Bonchev–Trinajstić information content (AvgIpc) is 2.41. The minimum absolute atomic E-state index is 0.132. The molecule has 8 heteroatoms. The Balaban J connectivity index is 2.38. The van der Waals surface area contributed by atoms with Gasteiger partial charge in [0.05, 0.1) is 5.69 Å². The lowest BCUT2D eigenvalue weighted by Crippen LogP contribution is -2.15. The van der Waals surface area contributed by atoms with E-state index >= 15 is 0 Å². The van der Waals surface area contributed by atoms with Crippen LogP contribution in [0.25, 0.3) is 0 Å². The quantitative estimate of drug-likeness (QED) is 0.835. The number of rotatable bonds is 4. The normalized spacial score (nSPS) is 11.4. The van der Waals surface area contributed by atoms with Crippen LogP contribution >= 0.6 is 27.5 Å². The standard InChI is InChI=1S/C13H11BrClFN2O2S/c14-10-6-9(15)2-3-12(10)18-21(19,20)13-4-1-8(7-17)5-11(13)16/h1-6,18H,7,17H2. The second-order valence-electron chi connectivity index (χ2n) is 4.20. The molecule has 0 spiro atoms. The Morgan fingerprint density at radius 3 is 2.52 bits per heavy atom. The van der Waals surface area contributed by atoms with Crippen LogP contribution in [0.4, 0.5) is 10.1 Å². The Morgan fingerprint density at radius 2 is 1.95 bits per heavy atom. The third-order valence-electron chi connectivity index (χ3n) is 2.70. The lowest BCUT2D eigenvalue weighted by atomic mass is 10.2. The van der Waals surface area contributed by atoms with E-state index in [-0.39, 0.29) is 12.2 Å². The summed E-state index contributed by atoms with van der Waals surface area (Å²) in [6, 6.07) is 8.30. The Morgan fingerprint density at radius 1 is 1.24 bits per heavy atom. The summed E-state index contributed by atoms with van der Waals surface area (Å²) in [5, 5.41) is 0.448. The van der Waals surface area contributed by atoms with Crippen molar-refractivity contribution < 1.29 is 12.8 Å². The largest absolute Gasteiger partial charge is 0.326 e. The van der Waals surface area contributed by atoms with Crippen molar-refractivity contribution in [1.29, 1.82) is 0 Å². The number of nitrogens with one attached hydrogen (secondary N) is 1. The van der Waals surface area contributed by atoms with E-state index in [2.05, 4.69) is 20.7 Å². The van der Waals surface area contributed by atoms with Gasteiger partial charge in [0.15, 0.2) is 0 Å². The lowest BCUT2D eigenvalue weighted by Gasteiger charge is -2.11. The van der Waals surface area contributed by atoms with Crippen LogP contribution in [0, 0.1) is 5.82 Å². The van der Waals surface area contributed by atoms with Crippen LogP contribution in [0.5, 0.6) is 0 Å². The minimum atomic E-state index is -4.04. The van der Waals surface area contributed by atoms with E-state index < -0.39 is 20.7 Å². The molecule has 0 amide bonds. The summed E-state index contributed by atoms with van der Waals surface area (Å²) in [7, 11) is -4.04. The van der Waals surface area contributed by atoms with Crippen LogP contribution in [0.1, 0.15) is 5.56 Å². The maximum Gasteiger partial charge on any atom is 0.264 e. The molecule has 0 aromatic heterocycles. The number of hydrogen-bond acceptors (Lipinski definition) is 3. The number of hydrogen-bond donors (Lipinski definition) is 2. The Labute approximate surface area is 135 Å². The van der Waals surface area contributed by atoms with Gasteiger partial charge in [-0.05, 0) is 51.8 Å². The van der Waals surface area contributed by atoms with Gasteiger partial charge in [0.1, 0.15) is 10.7 Å². The maximum absolute atomic E-state index is 13.9. The molecule has 112 valence electrons. The zero-order valence-electron chi connectivity index (χ0n) is 10.6. The topological polar surface area (TPSA) is 72.2 Å². The molecule has 0 aliphatic rings. The average molecular weight is 394 g/mol. The summed E-state index contributed by atoms with van der Waals surface area (Å²) in [6.45, 7) is 0.132. The van der Waals surface area contributed by atoms with E-state index in [0.29, 0.717) is 15.1 Å². The summed E-state index contributed by atoms with van der Waals surface area (Å²) in [5.41, 5.74) is 6.16. The molecule has 2 aromatic rings. The number of sulfonamides is 1. The predicted octanol–water partition coefficient (Wildman–Crippen LogP) is 3.50. The molecule has 0 atom stereocenters. The van der Waals surface area contributed by atoms with E-state index in [1.807, 2.05) is 0 Å². The SMILES string of the molecule is NCc1ccc(S(=O)(=O)Nc2ccc(Cl)cc2Br)c(F)c1. The molecular formula is C13H11BrClFN2O2S. The lowest BCUT2D eigenvalue weighted by molar-refractivity contribution is 0.569. The summed E-state index contributed by atoms with van der Waals surface area (Å²) >= 11 is 8.98. The van der Waals surface area contributed by atoms with Crippen molar-refractivity contribution in [3.05, 3.63) is 57.3 Å². The van der Waals surface area contributed by atoms with Crippen LogP contribution in [0.2, 0.25) is 5.02 Å². The van der Waals surface area contributed by atoms with Gasteiger partial charge in [0.2, 0.25) is 0 Å². The van der Waals surface area contributed by atoms with E-state index in [1.54, 1.807) is 0 Å². The van der Waals surface area contributed by atoms with Crippen molar-refractivity contribution in [2.75, 3.05) is 4.72 Å². The van der Waals surface area contributed by atoms with Crippen molar-refractivity contribution in [3.8, 4) is 0 Å². The molecule has 0 heterocycles. The summed E-state index contributed by atoms with van der Waals surface area (Å²) < 4.78 is 41.1. The van der Waals surface area contributed by atoms with Gasteiger partial charge in [-0.1, -0.05) is 17.7 Å². The number of nitrogens with two attached hydrogens (primary N) is 1. The zero-order chi connectivity index (χ0) is 15.6. The molecule has 2 aromatic carbocycles. The second-order valence-corrected chi connectivity index (χ2v) is 7.14. The highest BCUT2D eigenvalue weighted by molar-refractivity contribution is 9.10. The molecular weight excluding hydrogens is 383 g/mol. The van der Waals surface area contributed by atoms with Gasteiger partial charge in [-0.15, -0.1) is 0 Å². The first-order chi connectivity index (χ1) is 9.83. The summed E-state index contributed by atoms with van der Waals surface area (Å²) in [5.74, 6) is -0.851. The Hall–Kier alpha value is -1.15. The van der Waals surface area contributed by atoms with Crippen molar-refractivity contribution in [1.82, 2.24) is 0 Å². The highest BCUT2D eigenvalue weighted by atomic mass is 79.9. The Kier molecular flexibility index (Phi) is 4.88. The third kappa shape index (κ3) is 3.74. The maximum atomic E-state index is 13.9. The number of benzene rings is 2. The van der Waals surface area contributed by atoms with Crippen LogP contribution in [-0.2, 0) is 16.6 Å². The van der Waals surface area contributed by atoms with E-state index in [0.717, 1.165) is 6.07 Å². The van der Waals surface area contributed by atoms with Crippen molar-refractivity contribution in [3.63, 3.8) is 0 Å².